The van der Waals surface area contributed by atoms with E-state index in [1.807, 2.05) is 24.3 Å². The van der Waals surface area contributed by atoms with Crippen molar-refractivity contribution in [3.8, 4) is 101 Å². The zero-order valence-corrected chi connectivity index (χ0v) is 50.2. The summed E-state index contributed by atoms with van der Waals surface area (Å²) in [5, 5.41) is 8.67. The van der Waals surface area contributed by atoms with E-state index in [4.69, 9.17) is 29.4 Å². The van der Waals surface area contributed by atoms with E-state index in [9.17, 15) is 0 Å². The summed E-state index contributed by atoms with van der Waals surface area (Å²) in [5.74, 6) is 1.62. The third kappa shape index (κ3) is 8.38. The third-order valence-corrected chi connectivity index (χ3v) is 18.5. The van der Waals surface area contributed by atoms with Crippen molar-refractivity contribution in [3.63, 3.8) is 0 Å². The Hall–Kier alpha value is -12.3. The zero-order valence-electron chi connectivity index (χ0n) is 50.2. The molecule has 4 heterocycles. The van der Waals surface area contributed by atoms with Crippen LogP contribution in [0, 0.1) is 0 Å². The molecule has 0 N–H and O–H groups in total. The third-order valence-electron chi connectivity index (χ3n) is 18.5. The average Bonchev–Trinajstić information content (AvgIpc) is 1.55. The molecule has 0 bridgehead atoms. The number of ether oxygens (including phenoxy) is 2. The lowest BCUT2D eigenvalue weighted by molar-refractivity contribution is 0.414. The fraction of sp³-hybridized carbons (Fsp3) is 0.0238. The van der Waals surface area contributed by atoms with Gasteiger partial charge < -0.3 is 19.3 Å². The Kier molecular flexibility index (Phi) is 12.2. The maximum atomic E-state index is 5.68. The smallest absolute Gasteiger partial charge is 0.160 e. The summed E-state index contributed by atoms with van der Waals surface area (Å²) in [7, 11) is 3.41. The van der Waals surface area contributed by atoms with E-state index >= 15 is 0 Å². The van der Waals surface area contributed by atoms with E-state index in [1.54, 1.807) is 14.2 Å². The summed E-state index contributed by atoms with van der Waals surface area (Å²) in [4.78, 5) is 27.2. The zero-order chi connectivity index (χ0) is 61.0. The molecule has 2 aliphatic rings. The van der Waals surface area contributed by atoms with Crippen molar-refractivity contribution in [3.05, 3.63) is 291 Å². The molecule has 92 heavy (non-hydrogen) atoms. The van der Waals surface area contributed by atoms with Gasteiger partial charge >= 0.3 is 0 Å². The first kappa shape index (κ1) is 52.8. The lowest BCUT2D eigenvalue weighted by atomic mass is 9.90. The van der Waals surface area contributed by atoms with Crippen molar-refractivity contribution in [1.82, 2.24) is 19.9 Å². The van der Waals surface area contributed by atoms with Crippen LogP contribution in [-0.4, -0.2) is 34.2 Å². The number of rotatable bonds is 12. The Bertz CT molecular complexity index is 5300. The van der Waals surface area contributed by atoms with Gasteiger partial charge in [-0.3, -0.25) is 0 Å². The highest BCUT2D eigenvalue weighted by Gasteiger charge is 2.31. The Labute approximate surface area is 531 Å². The molecule has 0 saturated heterocycles. The van der Waals surface area contributed by atoms with Crippen LogP contribution >= 0.6 is 0 Å². The molecule has 0 spiro atoms. The molecule has 0 amide bonds. The van der Waals surface area contributed by atoms with Crippen LogP contribution in [0.2, 0.25) is 0 Å². The lowest BCUT2D eigenvalue weighted by Crippen LogP contribution is -2.10. The van der Waals surface area contributed by atoms with Gasteiger partial charge in [0, 0.05) is 99.6 Å². The fourth-order valence-electron chi connectivity index (χ4n) is 14.3. The van der Waals surface area contributed by atoms with Gasteiger partial charge in [0.05, 0.1) is 48.4 Å². The number of aromatic nitrogens is 4. The number of hydrogen-bond acceptors (Lipinski definition) is 8. The lowest BCUT2D eigenvalue weighted by Gasteiger charge is -2.27. The van der Waals surface area contributed by atoms with Crippen LogP contribution in [0.25, 0.3) is 144 Å². The Morgan fingerprint density at radius 2 is 0.576 bits per heavy atom. The first-order chi connectivity index (χ1) is 45.5. The standard InChI is InChI=1S/C84H54N6O2/c1-91-59-37-33-57(34-38-59)89(55-23-11-5-12-24-55)75-45-43-63-73-49-53-47-71(51-19-7-3-8-20-51)79(85-83(53)87-81(73)69-31-17-29-67(75)77(63)69)65-41-42-66(62-28-16-15-27-61(62)65)80-72(52-21-9-4-10-22-52)48-54-50-74-64-44-46-76(68-30-18-32-70(78(64)68)82(74)88-84(54)86-80)90(56-25-13-6-14-26-56)58-35-39-60(92-2)40-36-58/h3-50H,1-2H3. The molecule has 8 heteroatoms. The van der Waals surface area contributed by atoms with E-state index in [0.29, 0.717) is 11.3 Å². The number of para-hydroxylation sites is 2. The van der Waals surface area contributed by atoms with Gasteiger partial charge in [0.15, 0.2) is 11.3 Å². The van der Waals surface area contributed by atoms with Crippen molar-refractivity contribution in [2.75, 3.05) is 24.0 Å². The molecular formula is C84H54N6O2. The maximum Gasteiger partial charge on any atom is 0.160 e. The highest BCUT2D eigenvalue weighted by Crippen LogP contribution is 2.54. The molecule has 0 unspecified atom stereocenters. The number of hydrogen-bond donors (Lipinski definition) is 0. The van der Waals surface area contributed by atoms with E-state index < -0.39 is 0 Å². The number of pyridine rings is 4. The molecule has 16 aromatic rings. The van der Waals surface area contributed by atoms with Gasteiger partial charge in [-0.05, 0) is 142 Å². The molecule has 432 valence electrons. The van der Waals surface area contributed by atoms with Crippen molar-refractivity contribution in [2.45, 2.75) is 0 Å². The van der Waals surface area contributed by atoms with Crippen LogP contribution < -0.4 is 19.3 Å². The van der Waals surface area contributed by atoms with Gasteiger partial charge in [0.1, 0.15) is 11.5 Å². The minimum atomic E-state index is 0.682. The molecule has 12 aromatic carbocycles. The second-order valence-corrected chi connectivity index (χ2v) is 23.5. The average molecular weight is 1180 g/mol. The quantitative estimate of drug-likeness (QED) is 0.120. The number of benzene rings is 12. The summed E-state index contributed by atoms with van der Waals surface area (Å²) in [6.07, 6.45) is 0. The van der Waals surface area contributed by atoms with Crippen molar-refractivity contribution >= 4 is 88.5 Å². The highest BCUT2D eigenvalue weighted by molar-refractivity contribution is 6.21. The van der Waals surface area contributed by atoms with Gasteiger partial charge in [-0.1, -0.05) is 182 Å². The van der Waals surface area contributed by atoms with E-state index in [2.05, 4.69) is 277 Å². The van der Waals surface area contributed by atoms with Gasteiger partial charge in [-0.25, -0.2) is 19.9 Å². The summed E-state index contributed by atoms with van der Waals surface area (Å²) in [6, 6.07) is 103. The van der Waals surface area contributed by atoms with Gasteiger partial charge in [-0.15, -0.1) is 0 Å². The molecule has 4 aromatic heterocycles. The largest absolute Gasteiger partial charge is 0.497 e. The van der Waals surface area contributed by atoms with Gasteiger partial charge in [0.25, 0.3) is 0 Å². The first-order valence-corrected chi connectivity index (χ1v) is 31.0. The summed E-state index contributed by atoms with van der Waals surface area (Å²) < 4.78 is 11.2. The van der Waals surface area contributed by atoms with Crippen LogP contribution in [0.1, 0.15) is 0 Å². The maximum absolute atomic E-state index is 5.68. The summed E-state index contributed by atoms with van der Waals surface area (Å²) in [6.45, 7) is 0. The van der Waals surface area contributed by atoms with Gasteiger partial charge in [-0.2, -0.15) is 0 Å². The topological polar surface area (TPSA) is 76.5 Å². The van der Waals surface area contributed by atoms with Crippen LogP contribution in [0.5, 0.6) is 11.5 Å². The molecule has 18 rings (SSSR count). The second kappa shape index (κ2) is 21.2. The Balaban J connectivity index is 0.781. The normalized spacial score (nSPS) is 11.8. The Morgan fingerprint density at radius 1 is 0.250 bits per heavy atom. The van der Waals surface area contributed by atoms with E-state index in [0.717, 1.165) is 167 Å². The molecule has 0 atom stereocenters. The monoisotopic (exact) mass is 1180 g/mol. The van der Waals surface area contributed by atoms with E-state index in [-0.39, 0.29) is 0 Å². The summed E-state index contributed by atoms with van der Waals surface area (Å²) in [5.41, 5.74) is 24.1. The molecule has 0 radical (unpaired) electrons. The molecule has 2 aliphatic carbocycles. The van der Waals surface area contributed by atoms with Crippen LogP contribution in [0.15, 0.2) is 291 Å². The van der Waals surface area contributed by atoms with E-state index in [1.165, 1.54) is 10.8 Å². The molecule has 0 saturated carbocycles. The minimum absolute atomic E-state index is 0.682. The van der Waals surface area contributed by atoms with Crippen molar-refractivity contribution in [2.24, 2.45) is 0 Å². The second-order valence-electron chi connectivity index (χ2n) is 23.5. The van der Waals surface area contributed by atoms with Gasteiger partial charge in [0.2, 0.25) is 0 Å². The Morgan fingerprint density at radius 3 is 0.967 bits per heavy atom. The fourth-order valence-corrected chi connectivity index (χ4v) is 14.3. The highest BCUT2D eigenvalue weighted by atomic mass is 16.5. The minimum Gasteiger partial charge on any atom is -0.497 e. The van der Waals surface area contributed by atoms with Crippen LogP contribution in [-0.2, 0) is 0 Å². The SMILES string of the molecule is COc1ccc(N(c2ccccc2)c2ccc3c4c(cccc24)-c2nc4nc(-c5ccc(-c6nc7nc8c(cc7cc6-c6ccccc6)-c6ccc(N(c7ccccc7)c7ccc(OC)cc7)c7cccc-8c67)c6ccccc56)c(-c5ccccc5)cc4cc2-3)cc1. The molecule has 8 nitrogen and oxygen atoms in total. The molecule has 0 aliphatic heterocycles. The molecular weight excluding hydrogens is 1120 g/mol. The predicted octanol–water partition coefficient (Wildman–Crippen LogP) is 22.0. The number of methoxy groups -OCH3 is 2. The summed E-state index contributed by atoms with van der Waals surface area (Å²) >= 11 is 0. The number of anilines is 6. The number of nitrogens with zero attached hydrogens (tertiary/aromatic N) is 6. The number of fused-ring (bicyclic) bond motifs is 9. The first-order valence-electron chi connectivity index (χ1n) is 31.0. The van der Waals surface area contributed by atoms with Crippen LogP contribution in [0.4, 0.5) is 34.1 Å². The van der Waals surface area contributed by atoms with Crippen molar-refractivity contribution in [1.29, 1.82) is 0 Å². The van der Waals surface area contributed by atoms with Crippen molar-refractivity contribution < 1.29 is 9.47 Å². The molecule has 0 fully saturated rings. The predicted molar refractivity (Wildman–Crippen MR) is 378 cm³/mol. The van der Waals surface area contributed by atoms with Crippen LogP contribution in [0.3, 0.4) is 0 Å².